The van der Waals surface area contributed by atoms with Gasteiger partial charge in [0.05, 0.1) is 28.4 Å². The number of hydrogen-bond donors (Lipinski definition) is 1. The van der Waals surface area contributed by atoms with Crippen molar-refractivity contribution >= 4 is 5.97 Å². The second kappa shape index (κ2) is 9.02. The minimum Gasteiger partial charge on any atom is -0.504 e. The lowest BCUT2D eigenvalue weighted by Crippen LogP contribution is -2.12. The van der Waals surface area contributed by atoms with E-state index in [4.69, 9.17) is 23.7 Å². The molecule has 27 heavy (non-hydrogen) atoms. The number of ether oxygens (including phenoxy) is 5. The maximum atomic E-state index is 11.6. The largest absolute Gasteiger partial charge is 0.504 e. The van der Waals surface area contributed by atoms with Gasteiger partial charge in [-0.05, 0) is 29.8 Å². The Kier molecular flexibility index (Phi) is 6.76. The first-order valence-electron chi connectivity index (χ1n) is 8.26. The molecule has 0 aliphatic heterocycles. The average molecular weight is 376 g/mol. The Morgan fingerprint density at radius 1 is 0.926 bits per heavy atom. The van der Waals surface area contributed by atoms with Crippen LogP contribution in [0.25, 0.3) is 0 Å². The number of carbonyl (C=O) groups excluding carboxylic acids is 1. The third kappa shape index (κ3) is 4.75. The van der Waals surface area contributed by atoms with Crippen LogP contribution in [0.2, 0.25) is 0 Å². The summed E-state index contributed by atoms with van der Waals surface area (Å²) in [5, 5.41) is 10.0. The van der Waals surface area contributed by atoms with Crippen molar-refractivity contribution < 1.29 is 33.6 Å². The van der Waals surface area contributed by atoms with Gasteiger partial charge in [0.15, 0.2) is 23.0 Å². The topological polar surface area (TPSA) is 83.5 Å². The van der Waals surface area contributed by atoms with Crippen molar-refractivity contribution in [3.8, 4) is 28.7 Å². The zero-order valence-corrected chi connectivity index (χ0v) is 16.1. The van der Waals surface area contributed by atoms with E-state index in [1.165, 1.54) is 35.4 Å². The lowest BCUT2D eigenvalue weighted by Gasteiger charge is -2.21. The van der Waals surface area contributed by atoms with Crippen LogP contribution in [0.3, 0.4) is 0 Å². The van der Waals surface area contributed by atoms with E-state index in [0.717, 1.165) is 5.56 Å². The number of carbonyl (C=O) groups is 1. The zero-order valence-electron chi connectivity index (χ0n) is 16.1. The quantitative estimate of drug-likeness (QED) is 0.708. The van der Waals surface area contributed by atoms with E-state index in [0.29, 0.717) is 35.0 Å². The highest BCUT2D eigenvalue weighted by atomic mass is 16.5. The maximum absolute atomic E-state index is 11.6. The molecule has 1 atom stereocenters. The van der Waals surface area contributed by atoms with Gasteiger partial charge in [0.2, 0.25) is 5.75 Å². The van der Waals surface area contributed by atoms with Crippen LogP contribution in [0.1, 0.15) is 24.2 Å². The van der Waals surface area contributed by atoms with Gasteiger partial charge in [0.1, 0.15) is 6.10 Å². The van der Waals surface area contributed by atoms with Crippen molar-refractivity contribution in [1.29, 1.82) is 0 Å². The second-order valence-corrected chi connectivity index (χ2v) is 5.77. The smallest absolute Gasteiger partial charge is 0.303 e. The summed E-state index contributed by atoms with van der Waals surface area (Å²) in [5.74, 6) is 1.33. The van der Waals surface area contributed by atoms with Crippen molar-refractivity contribution in [2.75, 3.05) is 28.4 Å². The van der Waals surface area contributed by atoms with Crippen LogP contribution in [-0.2, 0) is 16.0 Å². The van der Waals surface area contributed by atoms with Crippen LogP contribution >= 0.6 is 0 Å². The number of aromatic hydroxyl groups is 1. The highest BCUT2D eigenvalue weighted by Crippen LogP contribution is 2.41. The lowest BCUT2D eigenvalue weighted by molar-refractivity contribution is -0.146. The van der Waals surface area contributed by atoms with Crippen LogP contribution in [0.5, 0.6) is 28.7 Å². The number of hydrogen-bond acceptors (Lipinski definition) is 7. The van der Waals surface area contributed by atoms with Crippen LogP contribution in [0, 0.1) is 0 Å². The third-order valence-corrected chi connectivity index (χ3v) is 4.03. The first kappa shape index (κ1) is 20.2. The van der Waals surface area contributed by atoms with Crippen LogP contribution < -0.4 is 18.9 Å². The summed E-state index contributed by atoms with van der Waals surface area (Å²) in [6, 6.07) is 8.50. The number of methoxy groups -OCH3 is 4. The third-order valence-electron chi connectivity index (χ3n) is 4.03. The van der Waals surface area contributed by atoms with Gasteiger partial charge in [-0.2, -0.15) is 0 Å². The Morgan fingerprint density at radius 3 is 1.96 bits per heavy atom. The molecule has 0 radical (unpaired) electrons. The molecule has 1 N–H and O–H groups in total. The molecule has 0 heterocycles. The molecule has 0 aliphatic rings. The highest BCUT2D eigenvalue weighted by molar-refractivity contribution is 5.66. The molecule has 0 spiro atoms. The molecule has 2 aromatic rings. The monoisotopic (exact) mass is 376 g/mol. The summed E-state index contributed by atoms with van der Waals surface area (Å²) in [6.07, 6.45) is -0.264. The van der Waals surface area contributed by atoms with Gasteiger partial charge in [-0.3, -0.25) is 4.79 Å². The molecule has 0 aliphatic carbocycles. The van der Waals surface area contributed by atoms with Gasteiger partial charge in [-0.25, -0.2) is 0 Å². The number of esters is 1. The number of benzene rings is 2. The van der Waals surface area contributed by atoms with Gasteiger partial charge in [-0.1, -0.05) is 6.07 Å². The van der Waals surface area contributed by atoms with Crippen molar-refractivity contribution in [2.24, 2.45) is 0 Å². The summed E-state index contributed by atoms with van der Waals surface area (Å²) in [7, 11) is 6.03. The van der Waals surface area contributed by atoms with E-state index >= 15 is 0 Å². The molecule has 7 nitrogen and oxygen atoms in total. The fourth-order valence-corrected chi connectivity index (χ4v) is 2.79. The number of rotatable bonds is 8. The molecule has 7 heteroatoms. The van der Waals surface area contributed by atoms with Crippen molar-refractivity contribution in [2.45, 2.75) is 19.4 Å². The predicted molar refractivity (Wildman–Crippen MR) is 99.0 cm³/mol. The van der Waals surface area contributed by atoms with Gasteiger partial charge in [-0.15, -0.1) is 0 Å². The molecule has 2 rings (SSSR count). The van der Waals surface area contributed by atoms with Crippen molar-refractivity contribution in [3.63, 3.8) is 0 Å². The Labute approximate surface area is 158 Å². The normalized spacial score (nSPS) is 11.4. The fraction of sp³-hybridized carbons (Fsp3) is 0.350. The summed E-state index contributed by atoms with van der Waals surface area (Å²) in [6.45, 7) is 1.34. The highest BCUT2D eigenvalue weighted by Gasteiger charge is 2.22. The van der Waals surface area contributed by atoms with Crippen LogP contribution in [0.4, 0.5) is 0 Å². The molecule has 0 fully saturated rings. The van der Waals surface area contributed by atoms with E-state index in [9.17, 15) is 9.90 Å². The van der Waals surface area contributed by atoms with E-state index < -0.39 is 12.1 Å². The molecule has 146 valence electrons. The standard InChI is InChI=1S/C20H24O7/c1-12(21)27-17(9-13-6-7-16(23-2)15(22)8-13)14-10-18(24-3)20(26-5)19(11-14)25-4/h6-8,10-11,17,22H,9H2,1-5H3/t17-/m1/s1. The van der Waals surface area contributed by atoms with E-state index in [1.54, 1.807) is 30.3 Å². The number of phenolic OH excluding ortho intramolecular Hbond substituents is 1. The SMILES string of the molecule is COc1ccc(C[C@@H](OC(C)=O)c2cc(OC)c(OC)c(OC)c2)cc1O. The summed E-state index contributed by atoms with van der Waals surface area (Å²) < 4.78 is 26.6. The Hall–Kier alpha value is -3.09. The van der Waals surface area contributed by atoms with Crippen LogP contribution in [-0.4, -0.2) is 39.5 Å². The van der Waals surface area contributed by atoms with E-state index in [1.807, 2.05) is 0 Å². The zero-order chi connectivity index (χ0) is 20.0. The van der Waals surface area contributed by atoms with Gasteiger partial charge < -0.3 is 28.8 Å². The Morgan fingerprint density at radius 2 is 1.52 bits per heavy atom. The summed E-state index contributed by atoms with van der Waals surface area (Å²) in [4.78, 5) is 11.6. The molecule has 2 aromatic carbocycles. The molecule has 0 saturated carbocycles. The van der Waals surface area contributed by atoms with Gasteiger partial charge in [0.25, 0.3) is 0 Å². The second-order valence-electron chi connectivity index (χ2n) is 5.77. The molecular weight excluding hydrogens is 352 g/mol. The predicted octanol–water partition coefficient (Wildman–Crippen LogP) is 3.27. The lowest BCUT2D eigenvalue weighted by atomic mass is 10.00. The van der Waals surface area contributed by atoms with Crippen LogP contribution in [0.15, 0.2) is 30.3 Å². The Balaban J connectivity index is 2.44. The van der Waals surface area contributed by atoms with E-state index in [2.05, 4.69) is 0 Å². The average Bonchev–Trinajstić information content (AvgIpc) is 2.66. The summed E-state index contributed by atoms with van der Waals surface area (Å²) in [5.41, 5.74) is 1.45. The first-order chi connectivity index (χ1) is 12.9. The van der Waals surface area contributed by atoms with Gasteiger partial charge >= 0.3 is 5.97 Å². The maximum Gasteiger partial charge on any atom is 0.303 e. The summed E-state index contributed by atoms with van der Waals surface area (Å²) >= 11 is 0. The molecule has 0 bridgehead atoms. The van der Waals surface area contributed by atoms with Crippen molar-refractivity contribution in [3.05, 3.63) is 41.5 Å². The van der Waals surface area contributed by atoms with E-state index in [-0.39, 0.29) is 5.75 Å². The fourth-order valence-electron chi connectivity index (χ4n) is 2.79. The molecular formula is C20H24O7. The van der Waals surface area contributed by atoms with Crippen molar-refractivity contribution in [1.82, 2.24) is 0 Å². The molecule has 0 aromatic heterocycles. The molecule has 0 amide bonds. The van der Waals surface area contributed by atoms with Gasteiger partial charge in [0, 0.05) is 18.9 Å². The minimum absolute atomic E-state index is 0.0152. The molecule has 0 saturated heterocycles. The minimum atomic E-state index is -0.607. The number of phenols is 1. The molecule has 0 unspecified atom stereocenters. The Bertz CT molecular complexity index is 776. The first-order valence-corrected chi connectivity index (χ1v) is 8.26.